The number of H-pyrrole nitrogens is 1. The van der Waals surface area contributed by atoms with Crippen LogP contribution in [0.5, 0.6) is 0 Å². The third-order valence-electron chi connectivity index (χ3n) is 6.20. The summed E-state index contributed by atoms with van der Waals surface area (Å²) in [4.78, 5) is 29.7. The quantitative estimate of drug-likeness (QED) is 0.187. The summed E-state index contributed by atoms with van der Waals surface area (Å²) in [6.07, 6.45) is -2.40. The van der Waals surface area contributed by atoms with E-state index in [4.69, 9.17) is 19.9 Å². The van der Waals surface area contributed by atoms with Gasteiger partial charge in [-0.2, -0.15) is 0 Å². The molecule has 2 aliphatic rings. The largest absolute Gasteiger partial charge is 0.388 e. The number of aromatic nitrogens is 3. The number of hydrogen-bond donors (Lipinski definition) is 6. The highest BCUT2D eigenvalue weighted by atomic mass is 16.7. The van der Waals surface area contributed by atoms with E-state index in [2.05, 4.69) is 15.3 Å². The van der Waals surface area contributed by atoms with Gasteiger partial charge in [0.25, 0.3) is 5.56 Å². The fraction of sp³-hybridized carbons (Fsp3) is 0.591. The average Bonchev–Trinajstić information content (AvgIpc) is 3.36. The minimum atomic E-state index is -1.31. The van der Waals surface area contributed by atoms with Crippen molar-refractivity contribution in [1.82, 2.24) is 19.9 Å². The lowest BCUT2D eigenvalue weighted by atomic mass is 10.1. The van der Waals surface area contributed by atoms with Crippen LogP contribution in [0.25, 0.3) is 0 Å². The number of nitrogens with two attached hydrogens (primary N) is 1. The number of pyridine rings is 1. The average molecular weight is 494 g/mol. The zero-order chi connectivity index (χ0) is 24.9. The molecule has 192 valence electrons. The summed E-state index contributed by atoms with van der Waals surface area (Å²) >= 11 is 0. The predicted molar refractivity (Wildman–Crippen MR) is 121 cm³/mol. The van der Waals surface area contributed by atoms with E-state index in [-0.39, 0.29) is 19.5 Å². The zero-order valence-corrected chi connectivity index (χ0v) is 19.0. The van der Waals surface area contributed by atoms with Gasteiger partial charge in [-0.05, 0) is 30.7 Å². The van der Waals surface area contributed by atoms with Gasteiger partial charge in [-0.1, -0.05) is 0 Å². The van der Waals surface area contributed by atoms with Crippen molar-refractivity contribution in [3.8, 4) is 0 Å². The molecule has 0 aromatic carbocycles. The van der Waals surface area contributed by atoms with E-state index in [1.807, 2.05) is 12.1 Å². The first-order valence-electron chi connectivity index (χ1n) is 11.5. The van der Waals surface area contributed by atoms with Crippen LogP contribution in [-0.2, 0) is 20.6 Å². The fourth-order valence-corrected chi connectivity index (χ4v) is 4.29. The van der Waals surface area contributed by atoms with Crippen molar-refractivity contribution in [3.05, 3.63) is 63.2 Å². The number of aliphatic hydroxyl groups excluding tert-OH is 3. The maximum atomic E-state index is 12.2. The van der Waals surface area contributed by atoms with E-state index in [0.29, 0.717) is 6.54 Å². The molecule has 0 spiro atoms. The van der Waals surface area contributed by atoms with Crippen molar-refractivity contribution in [3.63, 3.8) is 0 Å². The van der Waals surface area contributed by atoms with Crippen molar-refractivity contribution in [2.24, 2.45) is 5.73 Å². The molecular formula is C22H31N5O8. The number of ether oxygens (including phenoxy) is 3. The summed E-state index contributed by atoms with van der Waals surface area (Å²) in [6.45, 7) is 0.874. The molecule has 0 unspecified atom stereocenters. The van der Waals surface area contributed by atoms with Crippen molar-refractivity contribution >= 4 is 0 Å². The summed E-state index contributed by atoms with van der Waals surface area (Å²) in [7, 11) is 0. The summed E-state index contributed by atoms with van der Waals surface area (Å²) < 4.78 is 18.7. The summed E-state index contributed by atoms with van der Waals surface area (Å²) in [5.74, 6) is 0. The van der Waals surface area contributed by atoms with E-state index in [0.717, 1.165) is 22.6 Å². The van der Waals surface area contributed by atoms with Crippen LogP contribution < -0.4 is 22.3 Å². The first-order chi connectivity index (χ1) is 16.9. The Morgan fingerprint density at radius 3 is 2.66 bits per heavy atom. The first kappa shape index (κ1) is 25.6. The lowest BCUT2D eigenvalue weighted by Crippen LogP contribution is -2.44. The number of nitrogens with zero attached hydrogens (tertiary/aromatic N) is 2. The maximum Gasteiger partial charge on any atom is 0.330 e. The van der Waals surface area contributed by atoms with E-state index in [1.165, 1.54) is 6.20 Å². The molecule has 2 aromatic rings. The highest BCUT2D eigenvalue weighted by Crippen LogP contribution is 2.32. The molecule has 13 heteroatoms. The maximum absolute atomic E-state index is 12.2. The van der Waals surface area contributed by atoms with Crippen LogP contribution in [0.15, 0.2) is 46.4 Å². The van der Waals surface area contributed by atoms with Crippen LogP contribution in [0.2, 0.25) is 0 Å². The minimum Gasteiger partial charge on any atom is -0.388 e. The number of rotatable bonds is 10. The summed E-state index contributed by atoms with van der Waals surface area (Å²) in [5, 5.41) is 34.4. The van der Waals surface area contributed by atoms with E-state index in [9.17, 15) is 24.9 Å². The van der Waals surface area contributed by atoms with Crippen LogP contribution in [0.1, 0.15) is 18.2 Å². The van der Waals surface area contributed by atoms with Gasteiger partial charge in [0, 0.05) is 44.2 Å². The number of aromatic amines is 1. The number of hydrogen-bond acceptors (Lipinski definition) is 11. The van der Waals surface area contributed by atoms with Crippen LogP contribution in [0.3, 0.4) is 0 Å². The third-order valence-corrected chi connectivity index (χ3v) is 6.20. The van der Waals surface area contributed by atoms with Crippen molar-refractivity contribution in [1.29, 1.82) is 0 Å². The molecular weight excluding hydrogens is 462 g/mol. The molecule has 2 aromatic heterocycles. The number of aliphatic hydroxyl groups is 3. The Hall–Kier alpha value is -2.49. The monoisotopic (exact) mass is 493 g/mol. The summed E-state index contributed by atoms with van der Waals surface area (Å²) in [5.41, 5.74) is 5.42. The molecule has 0 saturated carbocycles. The van der Waals surface area contributed by atoms with Crippen LogP contribution in [0, 0.1) is 0 Å². The van der Waals surface area contributed by atoms with Crippen molar-refractivity contribution in [2.45, 2.75) is 62.0 Å². The molecule has 0 aliphatic carbocycles. The Morgan fingerprint density at radius 1 is 1.20 bits per heavy atom. The molecule has 0 amide bonds. The third kappa shape index (κ3) is 6.02. The topological polar surface area (TPSA) is 194 Å². The van der Waals surface area contributed by atoms with Gasteiger partial charge in [-0.25, -0.2) is 4.79 Å². The van der Waals surface area contributed by atoms with Gasteiger partial charge < -0.3 is 40.6 Å². The Morgan fingerprint density at radius 2 is 1.97 bits per heavy atom. The summed E-state index contributed by atoms with van der Waals surface area (Å²) in [6, 6.07) is 4.99. The second kappa shape index (κ2) is 11.5. The van der Waals surface area contributed by atoms with Crippen LogP contribution in [-0.4, -0.2) is 92.4 Å². The minimum absolute atomic E-state index is 0.00276. The number of nitrogens with one attached hydrogen (secondary N) is 2. The van der Waals surface area contributed by atoms with Gasteiger partial charge in [0.05, 0.1) is 12.2 Å². The first-order valence-corrected chi connectivity index (χ1v) is 11.5. The van der Waals surface area contributed by atoms with Gasteiger partial charge >= 0.3 is 5.69 Å². The molecule has 8 atom stereocenters. The Balaban J connectivity index is 1.45. The lowest BCUT2D eigenvalue weighted by Gasteiger charge is -2.28. The Bertz CT molecular complexity index is 1070. The Labute approximate surface area is 200 Å². The van der Waals surface area contributed by atoms with Crippen LogP contribution in [0.4, 0.5) is 0 Å². The zero-order valence-electron chi connectivity index (χ0n) is 19.0. The standard InChI is InChI=1S/C22H31N5O8/c23-10-15-18(30)19(31)21(34-15)35-16(11-25-7-3-12-1-5-24-6-2-12)14-9-13(28)20(33-14)27-8-4-17(29)26-22(27)32/h1-2,4-6,8,13-16,18-21,25,28,30-31H,3,7,9-11,23H2,(H,26,29,32)/t13-,14+,15-,16+,18-,19-,20-,21+/m1/s1. The van der Waals surface area contributed by atoms with Gasteiger partial charge in [-0.3, -0.25) is 19.3 Å². The highest BCUT2D eigenvalue weighted by Gasteiger charge is 2.46. The van der Waals surface area contributed by atoms with Crippen molar-refractivity contribution < 1.29 is 29.5 Å². The molecule has 2 fully saturated rings. The van der Waals surface area contributed by atoms with E-state index < -0.39 is 60.4 Å². The van der Waals surface area contributed by atoms with Gasteiger partial charge in [-0.15, -0.1) is 0 Å². The van der Waals surface area contributed by atoms with Crippen molar-refractivity contribution in [2.75, 3.05) is 19.6 Å². The fourth-order valence-electron chi connectivity index (χ4n) is 4.29. The predicted octanol–water partition coefficient (Wildman–Crippen LogP) is -2.80. The van der Waals surface area contributed by atoms with Gasteiger partial charge in [0.2, 0.25) is 0 Å². The molecule has 0 radical (unpaired) electrons. The molecule has 0 bridgehead atoms. The van der Waals surface area contributed by atoms with Gasteiger partial charge in [0.15, 0.2) is 12.5 Å². The smallest absolute Gasteiger partial charge is 0.330 e. The van der Waals surface area contributed by atoms with E-state index in [1.54, 1.807) is 12.4 Å². The molecule has 2 aliphatic heterocycles. The van der Waals surface area contributed by atoms with Crippen LogP contribution >= 0.6 is 0 Å². The Kier molecular flexibility index (Phi) is 8.41. The van der Waals surface area contributed by atoms with E-state index >= 15 is 0 Å². The lowest BCUT2D eigenvalue weighted by molar-refractivity contribution is -0.213. The highest BCUT2D eigenvalue weighted by molar-refractivity contribution is 5.09. The molecule has 13 nitrogen and oxygen atoms in total. The molecule has 35 heavy (non-hydrogen) atoms. The molecule has 2 saturated heterocycles. The molecule has 4 heterocycles. The second-order valence-electron chi connectivity index (χ2n) is 8.63. The van der Waals surface area contributed by atoms with Gasteiger partial charge in [0.1, 0.15) is 24.4 Å². The normalized spacial score (nSPS) is 31.6. The second-order valence-corrected chi connectivity index (χ2v) is 8.63. The SMILES string of the molecule is NC[C@H]1O[C@@H](O[C@@H](CNCCc2ccncc2)[C@@H]2C[C@@H](O)[C@H](n3ccc(=O)[nH]c3=O)O2)[C@H](O)[C@@H]1O. The molecule has 7 N–H and O–H groups in total. The molecule has 4 rings (SSSR count).